The summed E-state index contributed by atoms with van der Waals surface area (Å²) in [7, 11) is 0. The molecule has 2 rings (SSSR count). The third kappa shape index (κ3) is 2.74. The lowest BCUT2D eigenvalue weighted by molar-refractivity contribution is -0.136. The molecule has 1 aliphatic heterocycles. The molecule has 0 bridgehead atoms. The molecule has 2 aliphatic rings. The van der Waals surface area contributed by atoms with Crippen molar-refractivity contribution in [2.45, 2.75) is 40.5 Å². The minimum atomic E-state index is -0.279. The summed E-state index contributed by atoms with van der Waals surface area (Å²) < 4.78 is 0. The highest BCUT2D eigenvalue weighted by atomic mass is 16.2. The van der Waals surface area contributed by atoms with Crippen molar-refractivity contribution in [1.29, 1.82) is 0 Å². The zero-order valence-corrected chi connectivity index (χ0v) is 13.0. The molecule has 3 atom stereocenters. The number of likely N-dealkylation sites (tertiary alicyclic amines) is 1. The van der Waals surface area contributed by atoms with Crippen LogP contribution in [0.3, 0.4) is 0 Å². The van der Waals surface area contributed by atoms with Crippen molar-refractivity contribution in [2.24, 2.45) is 28.9 Å². The summed E-state index contributed by atoms with van der Waals surface area (Å²) in [6.07, 6.45) is 3.89. The minimum Gasteiger partial charge on any atom is -0.369 e. The molecule has 2 N–H and O–H groups in total. The normalized spacial score (nSPS) is 31.6. The third-order valence-corrected chi connectivity index (χ3v) is 4.83. The van der Waals surface area contributed by atoms with Gasteiger partial charge in [-0.1, -0.05) is 25.5 Å². The summed E-state index contributed by atoms with van der Waals surface area (Å²) >= 11 is 0. The Morgan fingerprint density at radius 2 is 1.95 bits per heavy atom. The van der Waals surface area contributed by atoms with E-state index in [4.69, 9.17) is 5.73 Å². The molecule has 4 nitrogen and oxygen atoms in total. The van der Waals surface area contributed by atoms with Crippen molar-refractivity contribution in [2.75, 3.05) is 13.1 Å². The van der Waals surface area contributed by atoms with Crippen LogP contribution in [-0.4, -0.2) is 29.8 Å². The van der Waals surface area contributed by atoms with Gasteiger partial charge in [0.25, 0.3) is 0 Å². The number of rotatable bonds is 3. The molecule has 112 valence electrons. The third-order valence-electron chi connectivity index (χ3n) is 4.83. The second-order valence-corrected chi connectivity index (χ2v) is 7.09. The van der Waals surface area contributed by atoms with Gasteiger partial charge < -0.3 is 10.6 Å². The Hall–Kier alpha value is -1.32. The maximum Gasteiger partial charge on any atom is 0.226 e. The van der Waals surface area contributed by atoms with Crippen molar-refractivity contribution in [1.82, 2.24) is 4.90 Å². The lowest BCUT2D eigenvalue weighted by Gasteiger charge is -2.31. The number of piperidine rings is 1. The van der Waals surface area contributed by atoms with Crippen LogP contribution in [-0.2, 0) is 9.59 Å². The molecule has 0 aromatic heterocycles. The molecule has 0 spiro atoms. The van der Waals surface area contributed by atoms with Gasteiger partial charge in [0.05, 0.1) is 11.8 Å². The number of allylic oxidation sites excluding steroid dienone is 2. The summed E-state index contributed by atoms with van der Waals surface area (Å²) in [4.78, 5) is 25.9. The monoisotopic (exact) mass is 278 g/mol. The fraction of sp³-hybridized carbons (Fsp3) is 0.750. The predicted octanol–water partition coefficient (Wildman–Crippen LogP) is 1.95. The van der Waals surface area contributed by atoms with Gasteiger partial charge in [-0.25, -0.2) is 0 Å². The second-order valence-electron chi connectivity index (χ2n) is 7.09. The van der Waals surface area contributed by atoms with E-state index < -0.39 is 0 Å². The Bertz CT molecular complexity index is 449. The largest absolute Gasteiger partial charge is 0.369 e. The standard InChI is InChI=1S/C16H26N2O2/c1-10(2)8-12-13(16(12,3)4)15(20)18-7-5-6-11(9-18)14(17)19/h8,11-13H,5-7,9H2,1-4H3,(H2,17,19). The van der Waals surface area contributed by atoms with Crippen molar-refractivity contribution in [3.05, 3.63) is 11.6 Å². The number of carbonyl (C=O) groups excluding carboxylic acids is 2. The van der Waals surface area contributed by atoms with Crippen LogP contribution in [0.15, 0.2) is 11.6 Å². The van der Waals surface area contributed by atoms with Gasteiger partial charge in [-0.05, 0) is 38.0 Å². The van der Waals surface area contributed by atoms with Crippen molar-refractivity contribution in [3.8, 4) is 0 Å². The van der Waals surface area contributed by atoms with Gasteiger partial charge in [0.1, 0.15) is 0 Å². The molecule has 1 saturated carbocycles. The SMILES string of the molecule is CC(C)=CC1C(C(=O)N2CCCC(C(N)=O)C2)C1(C)C. The van der Waals surface area contributed by atoms with E-state index in [1.165, 1.54) is 5.57 Å². The fourth-order valence-electron chi connectivity index (χ4n) is 3.43. The minimum absolute atomic E-state index is 0.0357. The topological polar surface area (TPSA) is 63.4 Å². The molecule has 2 fully saturated rings. The Morgan fingerprint density at radius 1 is 1.30 bits per heavy atom. The first kappa shape index (κ1) is 15.1. The number of carbonyl (C=O) groups is 2. The zero-order chi connectivity index (χ0) is 15.1. The molecular formula is C16H26N2O2. The molecule has 1 heterocycles. The van der Waals surface area contributed by atoms with Gasteiger partial charge in [-0.2, -0.15) is 0 Å². The van der Waals surface area contributed by atoms with Crippen molar-refractivity contribution < 1.29 is 9.59 Å². The second kappa shape index (κ2) is 5.23. The summed E-state index contributed by atoms with van der Waals surface area (Å²) in [6, 6.07) is 0. The zero-order valence-electron chi connectivity index (χ0n) is 13.0. The highest BCUT2D eigenvalue weighted by Gasteiger charge is 2.61. The maximum absolute atomic E-state index is 12.7. The predicted molar refractivity (Wildman–Crippen MR) is 78.7 cm³/mol. The molecular weight excluding hydrogens is 252 g/mol. The van der Waals surface area contributed by atoms with Crippen LogP contribution in [0.25, 0.3) is 0 Å². The summed E-state index contributed by atoms with van der Waals surface area (Å²) in [6.45, 7) is 9.70. The Balaban J connectivity index is 2.05. The summed E-state index contributed by atoms with van der Waals surface area (Å²) in [5, 5.41) is 0. The van der Waals surface area contributed by atoms with E-state index in [0.29, 0.717) is 12.5 Å². The molecule has 0 radical (unpaired) electrons. The molecule has 4 heteroatoms. The van der Waals surface area contributed by atoms with Gasteiger partial charge >= 0.3 is 0 Å². The van der Waals surface area contributed by atoms with Gasteiger partial charge in [0.2, 0.25) is 11.8 Å². The van der Waals surface area contributed by atoms with Crippen molar-refractivity contribution >= 4 is 11.8 Å². The van der Waals surface area contributed by atoms with E-state index in [2.05, 4.69) is 33.8 Å². The van der Waals surface area contributed by atoms with Crippen LogP contribution in [0, 0.1) is 23.2 Å². The van der Waals surface area contributed by atoms with Crippen LogP contribution in [0.5, 0.6) is 0 Å². The Kier molecular flexibility index (Phi) is 3.94. The highest BCUT2D eigenvalue weighted by Crippen LogP contribution is 2.60. The molecule has 20 heavy (non-hydrogen) atoms. The smallest absolute Gasteiger partial charge is 0.226 e. The average molecular weight is 278 g/mol. The van der Waals surface area contributed by atoms with Crippen LogP contribution >= 0.6 is 0 Å². The lowest BCUT2D eigenvalue weighted by atomic mass is 9.96. The number of nitrogens with zero attached hydrogens (tertiary/aromatic N) is 1. The Labute approximate surface area is 121 Å². The molecule has 1 saturated heterocycles. The first-order valence-electron chi connectivity index (χ1n) is 7.48. The molecule has 1 aliphatic carbocycles. The van der Waals surface area contributed by atoms with E-state index in [-0.39, 0.29) is 29.1 Å². The molecule has 3 unspecified atom stereocenters. The molecule has 2 amide bonds. The lowest BCUT2D eigenvalue weighted by Crippen LogP contribution is -2.45. The highest BCUT2D eigenvalue weighted by molar-refractivity contribution is 5.85. The maximum atomic E-state index is 12.7. The number of hydrogen-bond donors (Lipinski definition) is 1. The molecule has 0 aromatic rings. The molecule has 0 aromatic carbocycles. The number of primary amides is 1. The van der Waals surface area contributed by atoms with Crippen LogP contribution in [0.2, 0.25) is 0 Å². The van der Waals surface area contributed by atoms with Gasteiger partial charge in [0, 0.05) is 13.1 Å². The first-order chi connectivity index (χ1) is 9.25. The van der Waals surface area contributed by atoms with Crippen molar-refractivity contribution in [3.63, 3.8) is 0 Å². The number of nitrogens with two attached hydrogens (primary N) is 1. The van der Waals surface area contributed by atoms with Crippen LogP contribution in [0.1, 0.15) is 40.5 Å². The van der Waals surface area contributed by atoms with Gasteiger partial charge in [-0.3, -0.25) is 9.59 Å². The number of hydrogen-bond acceptors (Lipinski definition) is 2. The van der Waals surface area contributed by atoms with Gasteiger partial charge in [-0.15, -0.1) is 0 Å². The van der Waals surface area contributed by atoms with E-state index in [0.717, 1.165) is 19.4 Å². The van der Waals surface area contributed by atoms with E-state index in [1.807, 2.05) is 4.90 Å². The van der Waals surface area contributed by atoms with E-state index in [1.54, 1.807) is 0 Å². The van der Waals surface area contributed by atoms with Crippen LogP contribution in [0.4, 0.5) is 0 Å². The van der Waals surface area contributed by atoms with E-state index >= 15 is 0 Å². The van der Waals surface area contributed by atoms with E-state index in [9.17, 15) is 9.59 Å². The first-order valence-corrected chi connectivity index (χ1v) is 7.48. The quantitative estimate of drug-likeness (QED) is 0.802. The summed E-state index contributed by atoms with van der Waals surface area (Å²) in [5.41, 5.74) is 6.67. The summed E-state index contributed by atoms with van der Waals surface area (Å²) in [5.74, 6) is 0.135. The fourth-order valence-corrected chi connectivity index (χ4v) is 3.43. The number of amides is 2. The Morgan fingerprint density at radius 3 is 2.50 bits per heavy atom. The van der Waals surface area contributed by atoms with Gasteiger partial charge in [0.15, 0.2) is 0 Å². The van der Waals surface area contributed by atoms with Crippen LogP contribution < -0.4 is 5.73 Å². The average Bonchev–Trinajstić information content (AvgIpc) is 2.89.